The first-order valence-corrected chi connectivity index (χ1v) is 11.8. The maximum atomic E-state index is 13.2. The molecule has 6 nitrogen and oxygen atoms in total. The highest BCUT2D eigenvalue weighted by molar-refractivity contribution is 7.11. The smallest absolute Gasteiger partial charge is 0.277 e. The van der Waals surface area contributed by atoms with Crippen LogP contribution >= 0.6 is 22.9 Å². The van der Waals surface area contributed by atoms with Gasteiger partial charge in [0.05, 0.1) is 17.1 Å². The Balaban J connectivity index is 1.71. The summed E-state index contributed by atoms with van der Waals surface area (Å²) in [7, 11) is 0. The first-order chi connectivity index (χ1) is 15.7. The molecule has 0 N–H and O–H groups in total. The highest BCUT2D eigenvalue weighted by Gasteiger charge is 2.16. The molecule has 0 atom stereocenters. The summed E-state index contributed by atoms with van der Waals surface area (Å²) >= 11 is 8.09. The third-order valence-electron chi connectivity index (χ3n) is 5.22. The average Bonchev–Trinajstić information content (AvgIpc) is 3.21. The SMILES string of the molecule is Cc1ccc(COc2cc(C)n(-c3ccnc(-c4nc(C(C)C)ncc4C)c3)c(=O)c2Cl)s1. The van der Waals surface area contributed by atoms with E-state index in [0.29, 0.717) is 29.4 Å². The molecule has 0 aliphatic heterocycles. The molecule has 0 radical (unpaired) electrons. The summed E-state index contributed by atoms with van der Waals surface area (Å²) in [5, 5.41) is 0.0487. The van der Waals surface area contributed by atoms with E-state index >= 15 is 0 Å². The molecule has 0 unspecified atom stereocenters. The Morgan fingerprint density at radius 3 is 2.61 bits per heavy atom. The van der Waals surface area contributed by atoms with Crippen LogP contribution in [0.25, 0.3) is 17.1 Å². The summed E-state index contributed by atoms with van der Waals surface area (Å²) in [5.74, 6) is 1.33. The minimum absolute atomic E-state index is 0.0487. The van der Waals surface area contributed by atoms with Gasteiger partial charge in [-0.2, -0.15) is 0 Å². The number of hydrogen-bond acceptors (Lipinski definition) is 6. The Morgan fingerprint density at radius 1 is 1.12 bits per heavy atom. The van der Waals surface area contributed by atoms with Crippen LogP contribution in [-0.4, -0.2) is 19.5 Å². The van der Waals surface area contributed by atoms with Crippen molar-refractivity contribution >= 4 is 22.9 Å². The number of ether oxygens (including phenoxy) is 1. The lowest BCUT2D eigenvalue weighted by atomic mass is 10.1. The molecule has 0 aromatic carbocycles. The van der Waals surface area contributed by atoms with Gasteiger partial charge in [-0.05, 0) is 50.6 Å². The lowest BCUT2D eigenvalue weighted by molar-refractivity contribution is 0.308. The van der Waals surface area contributed by atoms with E-state index in [9.17, 15) is 4.79 Å². The molecule has 0 aliphatic rings. The maximum Gasteiger partial charge on any atom is 0.277 e. The Hall–Kier alpha value is -3.03. The Labute approximate surface area is 201 Å². The molecule has 8 heteroatoms. The van der Waals surface area contributed by atoms with Crippen LogP contribution in [-0.2, 0) is 6.61 Å². The van der Waals surface area contributed by atoms with Crippen LogP contribution in [0.5, 0.6) is 5.75 Å². The second-order valence-corrected chi connectivity index (χ2v) is 9.97. The van der Waals surface area contributed by atoms with Gasteiger partial charge in [0.25, 0.3) is 5.56 Å². The molecular formula is C25H25ClN4O2S. The zero-order chi connectivity index (χ0) is 23.7. The van der Waals surface area contributed by atoms with E-state index in [1.165, 1.54) is 4.88 Å². The number of rotatable bonds is 6. The summed E-state index contributed by atoms with van der Waals surface area (Å²) < 4.78 is 7.43. The molecule has 0 bridgehead atoms. The van der Waals surface area contributed by atoms with Gasteiger partial charge < -0.3 is 4.74 Å². The van der Waals surface area contributed by atoms with Gasteiger partial charge in [-0.1, -0.05) is 25.4 Å². The van der Waals surface area contributed by atoms with Crippen molar-refractivity contribution in [1.82, 2.24) is 19.5 Å². The van der Waals surface area contributed by atoms with Crippen molar-refractivity contribution in [2.24, 2.45) is 0 Å². The largest absolute Gasteiger partial charge is 0.486 e. The van der Waals surface area contributed by atoms with Crippen molar-refractivity contribution in [3.8, 4) is 22.8 Å². The standard InChI is InChI=1S/C25H25ClN4O2S/c1-14(2)24-28-12-15(3)23(29-24)20-11-18(8-9-27-20)30-16(4)10-21(22(26)25(30)31)32-13-19-7-6-17(5)33-19/h6-12,14H,13H2,1-5H3. The zero-order valence-corrected chi connectivity index (χ0v) is 20.8. The van der Waals surface area contributed by atoms with Gasteiger partial charge in [0.15, 0.2) is 0 Å². The number of pyridine rings is 2. The van der Waals surface area contributed by atoms with E-state index in [1.807, 2.05) is 59.0 Å². The minimum Gasteiger partial charge on any atom is -0.486 e. The van der Waals surface area contributed by atoms with E-state index < -0.39 is 0 Å². The molecule has 170 valence electrons. The highest BCUT2D eigenvalue weighted by atomic mass is 35.5. The highest BCUT2D eigenvalue weighted by Crippen LogP contribution is 2.27. The predicted octanol–water partition coefficient (Wildman–Crippen LogP) is 6.03. The quantitative estimate of drug-likeness (QED) is 0.337. The Kier molecular flexibility index (Phi) is 6.63. The van der Waals surface area contributed by atoms with Crippen LogP contribution < -0.4 is 10.3 Å². The van der Waals surface area contributed by atoms with Gasteiger partial charge in [0, 0.05) is 39.8 Å². The fourth-order valence-corrected chi connectivity index (χ4v) is 4.50. The number of halogens is 1. The fourth-order valence-electron chi connectivity index (χ4n) is 3.50. The maximum absolute atomic E-state index is 13.2. The first kappa shape index (κ1) is 23.1. The summed E-state index contributed by atoms with van der Waals surface area (Å²) in [6.45, 7) is 10.3. The fraction of sp³-hybridized carbons (Fsp3) is 0.280. The van der Waals surface area contributed by atoms with Gasteiger partial charge in [-0.3, -0.25) is 14.3 Å². The van der Waals surface area contributed by atoms with Crippen molar-refractivity contribution in [2.45, 2.75) is 47.1 Å². The predicted molar refractivity (Wildman–Crippen MR) is 133 cm³/mol. The van der Waals surface area contributed by atoms with Gasteiger partial charge in [0.1, 0.15) is 23.2 Å². The number of hydrogen-bond donors (Lipinski definition) is 0. The van der Waals surface area contributed by atoms with Crippen LogP contribution in [0.2, 0.25) is 5.02 Å². The van der Waals surface area contributed by atoms with Gasteiger partial charge >= 0.3 is 0 Å². The molecule has 4 aromatic heterocycles. The number of thiophene rings is 1. The van der Waals surface area contributed by atoms with Crippen LogP contribution in [0, 0.1) is 20.8 Å². The Bertz CT molecular complexity index is 1380. The van der Waals surface area contributed by atoms with E-state index in [4.69, 9.17) is 21.3 Å². The van der Waals surface area contributed by atoms with Crippen LogP contribution in [0.15, 0.2) is 47.5 Å². The van der Waals surface area contributed by atoms with Crippen molar-refractivity contribution in [3.63, 3.8) is 0 Å². The van der Waals surface area contributed by atoms with E-state index in [-0.39, 0.29) is 16.5 Å². The van der Waals surface area contributed by atoms with Crippen LogP contribution in [0.1, 0.15) is 46.6 Å². The molecule has 33 heavy (non-hydrogen) atoms. The van der Waals surface area contributed by atoms with Crippen molar-refractivity contribution in [3.05, 3.63) is 84.9 Å². The normalized spacial score (nSPS) is 11.2. The zero-order valence-electron chi connectivity index (χ0n) is 19.2. The molecule has 0 saturated heterocycles. The minimum atomic E-state index is -0.339. The van der Waals surface area contributed by atoms with Gasteiger partial charge in [-0.25, -0.2) is 9.97 Å². The van der Waals surface area contributed by atoms with Gasteiger partial charge in [0.2, 0.25) is 0 Å². The Morgan fingerprint density at radius 2 is 1.91 bits per heavy atom. The molecule has 0 saturated carbocycles. The summed E-state index contributed by atoms with van der Waals surface area (Å²) in [6, 6.07) is 9.47. The molecule has 4 heterocycles. The summed E-state index contributed by atoms with van der Waals surface area (Å²) in [5.41, 5.74) is 3.37. The third kappa shape index (κ3) is 4.84. The summed E-state index contributed by atoms with van der Waals surface area (Å²) in [4.78, 5) is 29.1. The first-order valence-electron chi connectivity index (χ1n) is 10.6. The van der Waals surface area contributed by atoms with Crippen LogP contribution in [0.3, 0.4) is 0 Å². The van der Waals surface area contributed by atoms with E-state index in [0.717, 1.165) is 22.0 Å². The number of aromatic nitrogens is 4. The molecular weight excluding hydrogens is 456 g/mol. The monoisotopic (exact) mass is 480 g/mol. The summed E-state index contributed by atoms with van der Waals surface area (Å²) in [6.07, 6.45) is 3.48. The molecule has 4 aromatic rings. The molecule has 4 rings (SSSR count). The molecule has 0 amide bonds. The number of aryl methyl sites for hydroxylation is 3. The molecule has 0 aliphatic carbocycles. The van der Waals surface area contributed by atoms with Crippen molar-refractivity contribution in [2.75, 3.05) is 0 Å². The van der Waals surface area contributed by atoms with E-state index in [1.54, 1.807) is 34.2 Å². The van der Waals surface area contributed by atoms with Gasteiger partial charge in [-0.15, -0.1) is 11.3 Å². The lowest BCUT2D eigenvalue weighted by Crippen LogP contribution is -2.22. The lowest BCUT2D eigenvalue weighted by Gasteiger charge is -2.15. The average molecular weight is 481 g/mol. The molecule has 0 spiro atoms. The second-order valence-electron chi connectivity index (χ2n) is 8.22. The third-order valence-corrected chi connectivity index (χ3v) is 6.54. The van der Waals surface area contributed by atoms with Crippen LogP contribution in [0.4, 0.5) is 0 Å². The molecule has 0 fully saturated rings. The van der Waals surface area contributed by atoms with Crippen molar-refractivity contribution in [1.29, 1.82) is 0 Å². The van der Waals surface area contributed by atoms with Crippen molar-refractivity contribution < 1.29 is 4.74 Å². The van der Waals surface area contributed by atoms with E-state index in [2.05, 4.69) is 9.97 Å². The topological polar surface area (TPSA) is 69.9 Å². The number of nitrogens with zero attached hydrogens (tertiary/aromatic N) is 4. The second kappa shape index (κ2) is 9.45.